The number of thiocarbonyl (C=S) groups is 1. The highest BCUT2D eigenvalue weighted by atomic mass is 35.5. The molecule has 1 N–H and O–H groups in total. The van der Waals surface area contributed by atoms with Crippen molar-refractivity contribution in [1.29, 1.82) is 5.26 Å². The van der Waals surface area contributed by atoms with Crippen molar-refractivity contribution in [3.05, 3.63) is 88.0 Å². The lowest BCUT2D eigenvalue weighted by molar-refractivity contribution is -0.138. The fourth-order valence-corrected chi connectivity index (χ4v) is 5.05. The summed E-state index contributed by atoms with van der Waals surface area (Å²) in [5.41, 5.74) is -2.71. The van der Waals surface area contributed by atoms with Gasteiger partial charge in [-0.1, -0.05) is 23.7 Å². The quantitative estimate of drug-likeness (QED) is 0.200. The van der Waals surface area contributed by atoms with Gasteiger partial charge in [0.2, 0.25) is 0 Å². The number of amides is 1. The van der Waals surface area contributed by atoms with Crippen LogP contribution in [0.3, 0.4) is 0 Å². The summed E-state index contributed by atoms with van der Waals surface area (Å²) in [6.45, 7) is 0.106. The van der Waals surface area contributed by atoms with Crippen molar-refractivity contribution in [3.8, 4) is 6.07 Å². The first kappa shape index (κ1) is 29.9. The minimum Gasteiger partial charge on any atom is -0.348 e. The largest absolute Gasteiger partial charge is 0.419 e. The molecule has 0 atom stereocenters. The van der Waals surface area contributed by atoms with Gasteiger partial charge in [0.15, 0.2) is 10.8 Å². The van der Waals surface area contributed by atoms with E-state index in [1.165, 1.54) is 35.0 Å². The van der Waals surface area contributed by atoms with Crippen molar-refractivity contribution in [3.63, 3.8) is 0 Å². The summed E-state index contributed by atoms with van der Waals surface area (Å²) in [6.07, 6.45) is -1.70. The predicted molar refractivity (Wildman–Crippen MR) is 149 cm³/mol. The van der Waals surface area contributed by atoms with Crippen molar-refractivity contribution in [2.75, 3.05) is 16.8 Å². The molecule has 7 nitrogen and oxygen atoms in total. The van der Waals surface area contributed by atoms with Crippen LogP contribution in [0.4, 0.5) is 28.9 Å². The number of carbonyl (C=O) groups excluding carboxylic acids is 2. The number of benzene rings is 2. The number of anilines is 2. The topological polar surface area (TPSA) is 89.3 Å². The maximum absolute atomic E-state index is 15.3. The minimum atomic E-state index is -4.85. The summed E-state index contributed by atoms with van der Waals surface area (Å²) in [4.78, 5) is 31.2. The molecule has 41 heavy (non-hydrogen) atoms. The maximum atomic E-state index is 15.3. The summed E-state index contributed by atoms with van der Waals surface area (Å²) in [6, 6.07) is 12.7. The van der Waals surface area contributed by atoms with Crippen LogP contribution in [0.25, 0.3) is 0 Å². The van der Waals surface area contributed by atoms with Crippen LogP contribution in [0.2, 0.25) is 5.02 Å². The van der Waals surface area contributed by atoms with Gasteiger partial charge in [-0.2, -0.15) is 18.4 Å². The van der Waals surface area contributed by atoms with Crippen molar-refractivity contribution in [2.24, 2.45) is 0 Å². The van der Waals surface area contributed by atoms with E-state index in [4.69, 9.17) is 29.1 Å². The zero-order valence-corrected chi connectivity index (χ0v) is 23.1. The first-order valence-electron chi connectivity index (χ1n) is 12.2. The van der Waals surface area contributed by atoms with Gasteiger partial charge in [0.25, 0.3) is 5.91 Å². The highest BCUT2D eigenvalue weighted by Crippen LogP contribution is 2.41. The number of rotatable bonds is 7. The van der Waals surface area contributed by atoms with Gasteiger partial charge < -0.3 is 19.9 Å². The molecule has 1 heterocycles. The molecule has 4 rings (SSSR count). The zero-order chi connectivity index (χ0) is 29.9. The lowest BCUT2D eigenvalue weighted by Gasteiger charge is -2.48. The Morgan fingerprint density at radius 2 is 1.95 bits per heavy atom. The Hall–Kier alpha value is -4.08. The number of carbonyl (C=O) groups is 2. The Balaban J connectivity index is 1.65. The van der Waals surface area contributed by atoms with Crippen molar-refractivity contribution >= 4 is 52.5 Å². The van der Waals surface area contributed by atoms with Gasteiger partial charge in [0.05, 0.1) is 23.0 Å². The van der Waals surface area contributed by atoms with Gasteiger partial charge in [-0.15, -0.1) is 0 Å². The number of nitrogens with zero attached hydrogens (tertiary/aromatic N) is 4. The molecule has 0 unspecified atom stereocenters. The monoisotopic (exact) mass is 603 g/mol. The van der Waals surface area contributed by atoms with E-state index in [-0.39, 0.29) is 28.6 Å². The Kier molecular flexibility index (Phi) is 8.60. The standard InChI is InChI=1S/C28H22ClF4N5O2S/c1-37(20-11-22(28(31,32)33)24(13-34)35-15-20)26(41)38(27(16-39)8-3-9-27)19-6-7-21(23(30)12-19)25(40)36-14-17-4-2-5-18(29)10-17/h2,4-7,10-12,15-16H,3,8-9,14H2,1H3,(H,36,40). The molecule has 3 aromatic rings. The molecule has 0 bridgehead atoms. The van der Waals surface area contributed by atoms with E-state index in [0.29, 0.717) is 36.1 Å². The number of nitriles is 1. The van der Waals surface area contributed by atoms with Crippen LogP contribution in [-0.2, 0) is 17.5 Å². The molecule has 1 aromatic heterocycles. The van der Waals surface area contributed by atoms with E-state index in [1.807, 2.05) is 0 Å². The average Bonchev–Trinajstić information content (AvgIpc) is 2.92. The van der Waals surface area contributed by atoms with Crippen LogP contribution in [0, 0.1) is 17.1 Å². The summed E-state index contributed by atoms with van der Waals surface area (Å²) in [7, 11) is 1.38. The third-order valence-corrected chi connectivity index (χ3v) is 7.52. The number of hydrogen-bond acceptors (Lipinski definition) is 5. The Morgan fingerprint density at radius 1 is 1.22 bits per heavy atom. The fourth-order valence-electron chi connectivity index (χ4n) is 4.45. The fraction of sp³-hybridized carbons (Fsp3) is 0.250. The highest BCUT2D eigenvalue weighted by molar-refractivity contribution is 7.80. The molecule has 1 aliphatic carbocycles. The molecule has 0 aliphatic heterocycles. The molecule has 1 saturated carbocycles. The number of nitrogens with one attached hydrogen (secondary N) is 1. The van der Waals surface area contributed by atoms with Crippen LogP contribution in [-0.4, -0.2) is 34.9 Å². The maximum Gasteiger partial charge on any atom is 0.419 e. The van der Waals surface area contributed by atoms with E-state index >= 15 is 4.39 Å². The number of aldehydes is 1. The second-order valence-electron chi connectivity index (χ2n) is 9.43. The minimum absolute atomic E-state index is 0.0933. The number of pyridine rings is 1. The second-order valence-corrected chi connectivity index (χ2v) is 10.2. The van der Waals surface area contributed by atoms with Crippen molar-refractivity contribution in [2.45, 2.75) is 37.5 Å². The molecule has 0 radical (unpaired) electrons. The average molecular weight is 604 g/mol. The Labute approximate surface area is 243 Å². The SMILES string of the molecule is CN(C(=S)N(c1ccc(C(=O)NCc2cccc(Cl)c2)c(F)c1)C1(C=O)CCC1)c1cnc(C#N)c(C(F)(F)F)c1. The number of hydrogen-bond donors (Lipinski definition) is 1. The van der Waals surface area contributed by atoms with Crippen LogP contribution >= 0.6 is 23.8 Å². The number of aromatic nitrogens is 1. The van der Waals surface area contributed by atoms with Gasteiger partial charge in [-0.05, 0) is 73.4 Å². The molecule has 1 aliphatic rings. The lowest BCUT2D eigenvalue weighted by atomic mass is 9.76. The normalized spacial score (nSPS) is 13.9. The number of alkyl halides is 3. The summed E-state index contributed by atoms with van der Waals surface area (Å²) >= 11 is 11.6. The molecular weight excluding hydrogens is 582 g/mol. The Bertz CT molecular complexity index is 1560. The third kappa shape index (κ3) is 6.16. The Morgan fingerprint density at radius 3 is 2.51 bits per heavy atom. The first-order chi connectivity index (χ1) is 19.4. The van der Waals surface area contributed by atoms with Gasteiger partial charge in [-0.25, -0.2) is 9.37 Å². The van der Waals surface area contributed by atoms with E-state index < -0.39 is 34.7 Å². The van der Waals surface area contributed by atoms with E-state index in [2.05, 4.69) is 10.3 Å². The van der Waals surface area contributed by atoms with Gasteiger partial charge >= 0.3 is 6.18 Å². The van der Waals surface area contributed by atoms with E-state index in [1.54, 1.807) is 24.3 Å². The van der Waals surface area contributed by atoms with E-state index in [9.17, 15) is 22.8 Å². The smallest absolute Gasteiger partial charge is 0.348 e. The van der Waals surface area contributed by atoms with Crippen LogP contribution in [0.5, 0.6) is 0 Å². The lowest BCUT2D eigenvalue weighted by Crippen LogP contribution is -2.60. The molecule has 212 valence electrons. The molecule has 13 heteroatoms. The van der Waals surface area contributed by atoms with Crippen LogP contribution in [0.1, 0.15) is 46.4 Å². The summed E-state index contributed by atoms with van der Waals surface area (Å²) < 4.78 is 55.9. The second kappa shape index (κ2) is 11.8. The predicted octanol–water partition coefficient (Wildman–Crippen LogP) is 6.04. The van der Waals surface area contributed by atoms with Gasteiger partial charge in [-0.3, -0.25) is 4.79 Å². The molecule has 0 saturated heterocycles. The van der Waals surface area contributed by atoms with E-state index in [0.717, 1.165) is 18.3 Å². The van der Waals surface area contributed by atoms with Crippen LogP contribution in [0.15, 0.2) is 54.7 Å². The zero-order valence-electron chi connectivity index (χ0n) is 21.5. The van der Waals surface area contributed by atoms with Crippen molar-refractivity contribution in [1.82, 2.24) is 10.3 Å². The summed E-state index contributed by atoms with van der Waals surface area (Å²) in [5, 5.41) is 12.1. The van der Waals surface area contributed by atoms with Gasteiger partial charge in [0.1, 0.15) is 23.7 Å². The molecule has 0 spiro atoms. The van der Waals surface area contributed by atoms with Gasteiger partial charge in [0, 0.05) is 24.3 Å². The van der Waals surface area contributed by atoms with Crippen molar-refractivity contribution < 1.29 is 27.2 Å². The first-order valence-corrected chi connectivity index (χ1v) is 13.0. The molecule has 2 aromatic carbocycles. The number of halogens is 5. The summed E-state index contributed by atoms with van der Waals surface area (Å²) in [5.74, 6) is -1.57. The molecule has 1 amide bonds. The molecular formula is C28H22ClF4N5O2S. The van der Waals surface area contributed by atoms with Crippen LogP contribution < -0.4 is 15.1 Å². The highest BCUT2D eigenvalue weighted by Gasteiger charge is 2.46. The molecule has 1 fully saturated rings. The third-order valence-electron chi connectivity index (χ3n) is 6.83.